The van der Waals surface area contributed by atoms with Crippen molar-refractivity contribution in [1.82, 2.24) is 0 Å². The smallest absolute Gasteiger partial charge is 0.159 e. The van der Waals surface area contributed by atoms with Gasteiger partial charge in [-0.15, -0.1) is 0 Å². The summed E-state index contributed by atoms with van der Waals surface area (Å²) in [4.78, 5) is 0. The highest BCUT2D eigenvalue weighted by molar-refractivity contribution is 6.32. The van der Waals surface area contributed by atoms with Crippen molar-refractivity contribution in [3.05, 3.63) is 47.0 Å². The summed E-state index contributed by atoms with van der Waals surface area (Å²) in [5.74, 6) is 0.829. The molecular formula is C14H15ClN2O2. The Morgan fingerprint density at radius 1 is 1.26 bits per heavy atom. The van der Waals surface area contributed by atoms with E-state index in [1.807, 2.05) is 0 Å². The van der Waals surface area contributed by atoms with Gasteiger partial charge in [-0.2, -0.15) is 0 Å². The molecule has 100 valence electrons. The van der Waals surface area contributed by atoms with E-state index in [0.717, 1.165) is 11.4 Å². The Hall–Kier alpha value is -2.07. The van der Waals surface area contributed by atoms with Crippen molar-refractivity contribution in [3.63, 3.8) is 0 Å². The van der Waals surface area contributed by atoms with E-state index >= 15 is 0 Å². The number of aromatic hydroxyl groups is 1. The van der Waals surface area contributed by atoms with Gasteiger partial charge in [-0.1, -0.05) is 11.6 Å². The molecule has 2 rings (SSSR count). The number of nitrogens with one attached hydrogen (secondary N) is 1. The number of benzene rings is 2. The Labute approximate surface area is 116 Å². The monoisotopic (exact) mass is 278 g/mol. The zero-order valence-corrected chi connectivity index (χ0v) is 11.2. The number of halogens is 1. The third kappa shape index (κ3) is 3.45. The van der Waals surface area contributed by atoms with Gasteiger partial charge in [0.05, 0.1) is 5.02 Å². The minimum absolute atomic E-state index is 0.103. The number of nitrogens with two attached hydrogens (primary N) is 1. The lowest BCUT2D eigenvalue weighted by Crippen LogP contribution is -2.08. The van der Waals surface area contributed by atoms with E-state index in [1.165, 1.54) is 0 Å². The van der Waals surface area contributed by atoms with Crippen LogP contribution in [0.2, 0.25) is 5.02 Å². The maximum Gasteiger partial charge on any atom is 0.159 e. The van der Waals surface area contributed by atoms with E-state index < -0.39 is 0 Å². The number of nitrogen functional groups attached to an aromatic ring is 1. The van der Waals surface area contributed by atoms with E-state index in [-0.39, 0.29) is 5.75 Å². The largest absolute Gasteiger partial charge is 0.506 e. The Morgan fingerprint density at radius 3 is 2.58 bits per heavy atom. The lowest BCUT2D eigenvalue weighted by atomic mass is 10.2. The van der Waals surface area contributed by atoms with Crippen molar-refractivity contribution in [1.29, 1.82) is 0 Å². The molecule has 0 amide bonds. The highest BCUT2D eigenvalue weighted by atomic mass is 35.5. The van der Waals surface area contributed by atoms with Crippen LogP contribution in [0.4, 0.5) is 11.4 Å². The summed E-state index contributed by atoms with van der Waals surface area (Å²) in [5.41, 5.74) is 7.78. The van der Waals surface area contributed by atoms with Crippen molar-refractivity contribution < 1.29 is 9.84 Å². The van der Waals surface area contributed by atoms with E-state index in [2.05, 4.69) is 5.32 Å². The zero-order chi connectivity index (χ0) is 13.8. The van der Waals surface area contributed by atoms with E-state index in [0.29, 0.717) is 23.0 Å². The lowest BCUT2D eigenvalue weighted by molar-refractivity contribution is 0.347. The first-order chi connectivity index (χ1) is 9.06. The summed E-state index contributed by atoms with van der Waals surface area (Å²) in [6, 6.07) is 10.6. The Kier molecular flexibility index (Phi) is 4.02. The molecule has 0 bridgehead atoms. The highest BCUT2D eigenvalue weighted by Crippen LogP contribution is 2.30. The molecule has 0 radical (unpaired) electrons. The second-order valence-electron chi connectivity index (χ2n) is 4.16. The standard InChI is InChI=1S/C14H15ClN2O2/c1-9-6-11(7-13(15)14(9)18)17-8-19-12-4-2-10(16)3-5-12/h2-7,17-18H,8,16H2,1H3. The number of hydrogen-bond acceptors (Lipinski definition) is 4. The fourth-order valence-electron chi connectivity index (χ4n) is 1.61. The summed E-state index contributed by atoms with van der Waals surface area (Å²) >= 11 is 5.89. The summed E-state index contributed by atoms with van der Waals surface area (Å²) in [6.07, 6.45) is 0. The van der Waals surface area contributed by atoms with Gasteiger partial charge in [0, 0.05) is 11.4 Å². The molecule has 0 saturated carbocycles. The molecule has 0 saturated heterocycles. The molecule has 0 heterocycles. The SMILES string of the molecule is Cc1cc(NCOc2ccc(N)cc2)cc(Cl)c1O. The number of phenols is 1. The van der Waals surface area contributed by atoms with Crippen LogP contribution in [0.5, 0.6) is 11.5 Å². The lowest BCUT2D eigenvalue weighted by Gasteiger charge is -2.11. The van der Waals surface area contributed by atoms with Crippen LogP contribution in [0.15, 0.2) is 36.4 Å². The normalized spacial score (nSPS) is 10.2. The van der Waals surface area contributed by atoms with Crippen molar-refractivity contribution in [2.75, 3.05) is 17.8 Å². The van der Waals surface area contributed by atoms with Gasteiger partial charge in [-0.05, 0) is 48.9 Å². The van der Waals surface area contributed by atoms with E-state index in [1.54, 1.807) is 43.3 Å². The van der Waals surface area contributed by atoms with Crippen molar-refractivity contribution in [2.24, 2.45) is 0 Å². The van der Waals surface area contributed by atoms with Crippen LogP contribution in [0, 0.1) is 6.92 Å². The molecule has 0 aromatic heterocycles. The Balaban J connectivity index is 1.94. The number of hydrogen-bond donors (Lipinski definition) is 3. The van der Waals surface area contributed by atoms with Crippen LogP contribution in [0.1, 0.15) is 5.56 Å². The van der Waals surface area contributed by atoms with Gasteiger partial charge in [-0.25, -0.2) is 0 Å². The van der Waals surface area contributed by atoms with Crippen molar-refractivity contribution in [2.45, 2.75) is 6.92 Å². The van der Waals surface area contributed by atoms with Crippen molar-refractivity contribution in [3.8, 4) is 11.5 Å². The molecule has 0 aliphatic carbocycles. The van der Waals surface area contributed by atoms with Crippen LogP contribution in [0.25, 0.3) is 0 Å². The maximum atomic E-state index is 9.56. The van der Waals surface area contributed by atoms with Gasteiger partial charge in [0.2, 0.25) is 0 Å². The topological polar surface area (TPSA) is 67.5 Å². The van der Waals surface area contributed by atoms with E-state index in [4.69, 9.17) is 22.1 Å². The number of anilines is 2. The predicted octanol–water partition coefficient (Wildman–Crippen LogP) is 3.38. The molecule has 0 fully saturated rings. The third-order valence-corrected chi connectivity index (χ3v) is 2.94. The van der Waals surface area contributed by atoms with Gasteiger partial charge in [0.1, 0.15) is 11.5 Å². The summed E-state index contributed by atoms with van der Waals surface area (Å²) in [7, 11) is 0. The molecular weight excluding hydrogens is 264 g/mol. The minimum Gasteiger partial charge on any atom is -0.506 e. The molecule has 0 atom stereocenters. The second-order valence-corrected chi connectivity index (χ2v) is 4.57. The number of rotatable bonds is 4. The molecule has 0 aliphatic heterocycles. The number of phenolic OH excluding ortho intramolecular Hbond substituents is 1. The highest BCUT2D eigenvalue weighted by Gasteiger charge is 2.04. The van der Waals surface area contributed by atoms with Gasteiger partial charge >= 0.3 is 0 Å². The minimum atomic E-state index is 0.103. The van der Waals surface area contributed by atoms with Gasteiger partial charge in [0.25, 0.3) is 0 Å². The van der Waals surface area contributed by atoms with E-state index in [9.17, 15) is 5.11 Å². The first kappa shape index (κ1) is 13.4. The third-order valence-electron chi connectivity index (χ3n) is 2.65. The van der Waals surface area contributed by atoms with Crippen LogP contribution in [0.3, 0.4) is 0 Å². The van der Waals surface area contributed by atoms with Gasteiger partial charge in [-0.3, -0.25) is 0 Å². The van der Waals surface area contributed by atoms with Crippen LogP contribution < -0.4 is 15.8 Å². The summed E-state index contributed by atoms with van der Waals surface area (Å²) < 4.78 is 5.50. The number of aryl methyl sites for hydroxylation is 1. The maximum absolute atomic E-state index is 9.56. The second kappa shape index (κ2) is 5.71. The molecule has 19 heavy (non-hydrogen) atoms. The van der Waals surface area contributed by atoms with Gasteiger partial charge < -0.3 is 20.9 Å². The van der Waals surface area contributed by atoms with Crippen LogP contribution >= 0.6 is 11.6 Å². The fraction of sp³-hybridized carbons (Fsp3) is 0.143. The molecule has 4 N–H and O–H groups in total. The average Bonchev–Trinajstić information content (AvgIpc) is 2.38. The fourth-order valence-corrected chi connectivity index (χ4v) is 1.87. The quantitative estimate of drug-likeness (QED) is 0.456. The molecule has 4 nitrogen and oxygen atoms in total. The van der Waals surface area contributed by atoms with Gasteiger partial charge in [0.15, 0.2) is 6.73 Å². The first-order valence-electron chi connectivity index (χ1n) is 5.77. The molecule has 2 aromatic carbocycles. The Morgan fingerprint density at radius 2 is 1.95 bits per heavy atom. The number of ether oxygens (including phenoxy) is 1. The van der Waals surface area contributed by atoms with Crippen LogP contribution in [-0.4, -0.2) is 11.8 Å². The van der Waals surface area contributed by atoms with Crippen molar-refractivity contribution >= 4 is 23.0 Å². The first-order valence-corrected chi connectivity index (χ1v) is 6.15. The zero-order valence-electron chi connectivity index (χ0n) is 10.5. The summed E-state index contributed by atoms with van der Waals surface area (Å²) in [5, 5.41) is 12.9. The Bertz CT molecular complexity index is 547. The summed E-state index contributed by atoms with van der Waals surface area (Å²) in [6.45, 7) is 2.08. The molecule has 2 aromatic rings. The van der Waals surface area contributed by atoms with Crippen LogP contribution in [-0.2, 0) is 0 Å². The predicted molar refractivity (Wildman–Crippen MR) is 77.8 cm³/mol. The molecule has 5 heteroatoms. The molecule has 0 spiro atoms. The average molecular weight is 279 g/mol. The molecule has 0 unspecified atom stereocenters. The molecule has 0 aliphatic rings.